The number of unbranched alkanes of at least 4 members (excludes halogenated alkanes) is 3. The Bertz CT molecular complexity index is 1270. The molecule has 3 nitrogen and oxygen atoms in total. The summed E-state index contributed by atoms with van der Waals surface area (Å²) in [5.74, 6) is 0.992. The Labute approximate surface area is 202 Å². The van der Waals surface area contributed by atoms with Crippen molar-refractivity contribution < 1.29 is 4.74 Å². The number of fused-ring (bicyclic) bond motifs is 2. The van der Waals surface area contributed by atoms with Crippen LogP contribution < -0.4 is 4.74 Å². The van der Waals surface area contributed by atoms with Crippen LogP contribution in [0.1, 0.15) is 60.4 Å². The fourth-order valence-corrected chi connectivity index (χ4v) is 5.08. The number of nitrogens with zero attached hydrogens (tertiary/aromatic N) is 2. The molecule has 0 spiro atoms. The predicted octanol–water partition coefficient (Wildman–Crippen LogP) is 7.57. The van der Waals surface area contributed by atoms with E-state index in [4.69, 9.17) is 4.74 Å². The van der Waals surface area contributed by atoms with Crippen LogP contribution in [0, 0.1) is 6.92 Å². The average molecular weight is 449 g/mol. The van der Waals surface area contributed by atoms with Gasteiger partial charge in [0, 0.05) is 30.4 Å². The molecular formula is C31H32N2O. The van der Waals surface area contributed by atoms with Crippen LogP contribution in [0.15, 0.2) is 73.3 Å². The smallest absolute Gasteiger partial charge is 0.127 e. The number of rotatable bonds is 8. The number of hydrogen-bond acceptors (Lipinski definition) is 3. The molecule has 0 unspecified atom stereocenters. The van der Waals surface area contributed by atoms with E-state index < -0.39 is 0 Å². The highest BCUT2D eigenvalue weighted by molar-refractivity contribution is 5.77. The Morgan fingerprint density at radius 2 is 1.44 bits per heavy atom. The van der Waals surface area contributed by atoms with Crippen molar-refractivity contribution in [2.24, 2.45) is 0 Å². The van der Waals surface area contributed by atoms with E-state index >= 15 is 0 Å². The number of pyridine rings is 2. The van der Waals surface area contributed by atoms with Crippen molar-refractivity contribution in [1.82, 2.24) is 9.97 Å². The first-order valence-electron chi connectivity index (χ1n) is 12.5. The van der Waals surface area contributed by atoms with Gasteiger partial charge in [0.1, 0.15) is 5.75 Å². The minimum absolute atomic E-state index is 0.763. The molecule has 0 fully saturated rings. The molecule has 0 amide bonds. The van der Waals surface area contributed by atoms with Crippen molar-refractivity contribution in [3.63, 3.8) is 0 Å². The predicted molar refractivity (Wildman–Crippen MR) is 139 cm³/mol. The van der Waals surface area contributed by atoms with E-state index in [-0.39, 0.29) is 0 Å². The van der Waals surface area contributed by atoms with Gasteiger partial charge in [-0.1, -0.05) is 44.4 Å². The normalized spacial score (nSPS) is 12.2. The molecule has 34 heavy (non-hydrogen) atoms. The first kappa shape index (κ1) is 22.3. The van der Waals surface area contributed by atoms with Gasteiger partial charge in [0.15, 0.2) is 0 Å². The summed E-state index contributed by atoms with van der Waals surface area (Å²) in [6.07, 6.45) is 14.2. The van der Waals surface area contributed by atoms with Crippen molar-refractivity contribution in [3.8, 4) is 28.0 Å². The second kappa shape index (κ2) is 10.2. The van der Waals surface area contributed by atoms with Gasteiger partial charge >= 0.3 is 0 Å². The zero-order valence-electron chi connectivity index (χ0n) is 20.2. The van der Waals surface area contributed by atoms with Gasteiger partial charge in [-0.25, -0.2) is 0 Å². The van der Waals surface area contributed by atoms with Gasteiger partial charge in [0.2, 0.25) is 0 Å². The van der Waals surface area contributed by atoms with E-state index in [2.05, 4.69) is 72.3 Å². The molecule has 0 saturated carbocycles. The SMILES string of the molecule is CCCCCCOc1ccc2c(c1-c1ccncc1)Cc1cc(-c3ccncc3)c(C)cc1C2. The Morgan fingerprint density at radius 1 is 0.735 bits per heavy atom. The van der Waals surface area contributed by atoms with Gasteiger partial charge < -0.3 is 4.74 Å². The molecule has 0 atom stereocenters. The first-order chi connectivity index (χ1) is 16.7. The monoisotopic (exact) mass is 448 g/mol. The zero-order valence-corrected chi connectivity index (χ0v) is 20.2. The maximum absolute atomic E-state index is 6.38. The molecule has 3 heteroatoms. The van der Waals surface area contributed by atoms with Crippen LogP contribution in [-0.4, -0.2) is 16.6 Å². The van der Waals surface area contributed by atoms with Crippen molar-refractivity contribution in [2.45, 2.75) is 52.4 Å². The number of hydrogen-bond donors (Lipinski definition) is 0. The van der Waals surface area contributed by atoms with Crippen LogP contribution in [0.3, 0.4) is 0 Å². The van der Waals surface area contributed by atoms with Crippen LogP contribution in [-0.2, 0) is 12.8 Å². The number of aromatic nitrogens is 2. The topological polar surface area (TPSA) is 35.0 Å². The quantitative estimate of drug-likeness (QED) is 0.230. The maximum Gasteiger partial charge on any atom is 0.127 e. The summed E-state index contributed by atoms with van der Waals surface area (Å²) in [6.45, 7) is 5.22. The Morgan fingerprint density at radius 3 is 2.18 bits per heavy atom. The lowest BCUT2D eigenvalue weighted by molar-refractivity contribution is 0.306. The lowest BCUT2D eigenvalue weighted by Crippen LogP contribution is -2.11. The van der Waals surface area contributed by atoms with Crippen molar-refractivity contribution in [1.29, 1.82) is 0 Å². The first-order valence-corrected chi connectivity index (χ1v) is 12.5. The molecule has 4 aromatic rings. The molecule has 5 rings (SSSR count). The molecule has 2 aromatic carbocycles. The second-order valence-electron chi connectivity index (χ2n) is 9.25. The number of benzene rings is 2. The average Bonchev–Trinajstić information content (AvgIpc) is 2.88. The third-order valence-electron chi connectivity index (χ3n) is 6.88. The van der Waals surface area contributed by atoms with E-state index in [1.807, 2.05) is 24.8 Å². The molecule has 2 heterocycles. The Balaban J connectivity index is 1.53. The van der Waals surface area contributed by atoms with Crippen molar-refractivity contribution in [2.75, 3.05) is 6.61 Å². The highest BCUT2D eigenvalue weighted by Crippen LogP contribution is 2.41. The van der Waals surface area contributed by atoms with Gasteiger partial charge in [0.25, 0.3) is 0 Å². The van der Waals surface area contributed by atoms with Crippen molar-refractivity contribution >= 4 is 0 Å². The summed E-state index contributed by atoms with van der Waals surface area (Å²) in [5.41, 5.74) is 11.8. The standard InChI is InChI=1S/C31H32N2O/c1-3-4-5-6-17-34-30-8-7-25-19-26-18-22(2)28(23-9-13-32-14-10-23)20-27(26)21-29(25)31(30)24-11-15-33-16-12-24/h7-16,18,20H,3-6,17,19,21H2,1-2H3. The molecule has 172 valence electrons. The van der Waals surface area contributed by atoms with Gasteiger partial charge in [-0.3, -0.25) is 9.97 Å². The highest BCUT2D eigenvalue weighted by Gasteiger charge is 2.23. The summed E-state index contributed by atoms with van der Waals surface area (Å²) in [4.78, 5) is 8.45. The summed E-state index contributed by atoms with van der Waals surface area (Å²) >= 11 is 0. The number of aryl methyl sites for hydroxylation is 1. The van der Waals surface area contributed by atoms with Gasteiger partial charge in [0.05, 0.1) is 6.61 Å². The maximum atomic E-state index is 6.38. The Hall–Kier alpha value is -3.46. The summed E-state index contributed by atoms with van der Waals surface area (Å²) in [7, 11) is 0. The van der Waals surface area contributed by atoms with E-state index in [0.29, 0.717) is 0 Å². The molecule has 2 aromatic heterocycles. The summed E-state index contributed by atoms with van der Waals surface area (Å²) in [6, 6.07) is 17.6. The van der Waals surface area contributed by atoms with Crippen molar-refractivity contribution in [3.05, 3.63) is 101 Å². The summed E-state index contributed by atoms with van der Waals surface area (Å²) in [5, 5.41) is 0. The molecule has 1 aliphatic rings. The van der Waals surface area contributed by atoms with E-state index in [0.717, 1.165) is 31.6 Å². The molecule has 0 radical (unpaired) electrons. The van der Waals surface area contributed by atoms with Crippen LogP contribution in [0.25, 0.3) is 22.3 Å². The van der Waals surface area contributed by atoms with Crippen LogP contribution in [0.4, 0.5) is 0 Å². The van der Waals surface area contributed by atoms with Crippen LogP contribution in [0.5, 0.6) is 5.75 Å². The lowest BCUT2D eigenvalue weighted by atomic mass is 9.80. The summed E-state index contributed by atoms with van der Waals surface area (Å²) < 4.78 is 6.38. The fourth-order valence-electron chi connectivity index (χ4n) is 5.08. The second-order valence-corrected chi connectivity index (χ2v) is 9.25. The molecule has 0 bridgehead atoms. The van der Waals surface area contributed by atoms with Crippen LogP contribution in [0.2, 0.25) is 0 Å². The van der Waals surface area contributed by atoms with E-state index in [1.54, 1.807) is 0 Å². The molecule has 0 N–H and O–H groups in total. The zero-order chi connectivity index (χ0) is 23.3. The minimum atomic E-state index is 0.763. The minimum Gasteiger partial charge on any atom is -0.493 e. The number of ether oxygens (including phenoxy) is 1. The fraction of sp³-hybridized carbons (Fsp3) is 0.290. The van der Waals surface area contributed by atoms with E-state index in [9.17, 15) is 0 Å². The molecule has 1 aliphatic carbocycles. The van der Waals surface area contributed by atoms with Gasteiger partial charge in [-0.2, -0.15) is 0 Å². The molecule has 0 aliphatic heterocycles. The van der Waals surface area contributed by atoms with Gasteiger partial charge in [-0.15, -0.1) is 0 Å². The highest BCUT2D eigenvalue weighted by atomic mass is 16.5. The van der Waals surface area contributed by atoms with Crippen LogP contribution >= 0.6 is 0 Å². The third kappa shape index (κ3) is 4.61. The molecule has 0 saturated heterocycles. The third-order valence-corrected chi connectivity index (χ3v) is 6.88. The largest absolute Gasteiger partial charge is 0.493 e. The Kier molecular flexibility index (Phi) is 6.71. The van der Waals surface area contributed by atoms with E-state index in [1.165, 1.54) is 69.3 Å². The molecular weight excluding hydrogens is 416 g/mol. The lowest BCUT2D eigenvalue weighted by Gasteiger charge is -2.26. The van der Waals surface area contributed by atoms with Gasteiger partial charge in [-0.05, 0) is 101 Å².